The molecular weight excluding hydrogens is 178 g/mol. The molecular formula is C6H11N3O4. The molecule has 0 unspecified atom stereocenters. The van der Waals surface area contributed by atoms with Crippen molar-refractivity contribution in [2.75, 3.05) is 26.4 Å². The molecule has 0 aromatic carbocycles. The Kier molecular flexibility index (Phi) is 7.96. The molecule has 0 aliphatic carbocycles. The van der Waals surface area contributed by atoms with Crippen LogP contribution in [0.4, 0.5) is 0 Å². The van der Waals surface area contributed by atoms with E-state index in [1.807, 2.05) is 0 Å². The number of nitrogens with two attached hydrogens (primary N) is 1. The normalized spacial score (nSPS) is 9.00. The highest BCUT2D eigenvalue weighted by Gasteiger charge is 2.01. The van der Waals surface area contributed by atoms with Crippen molar-refractivity contribution in [1.29, 1.82) is 0 Å². The van der Waals surface area contributed by atoms with Crippen molar-refractivity contribution in [3.63, 3.8) is 0 Å². The van der Waals surface area contributed by atoms with Gasteiger partial charge in [-0.1, -0.05) is 0 Å². The predicted molar refractivity (Wildman–Crippen MR) is 41.6 cm³/mol. The number of esters is 1. The molecule has 0 aliphatic heterocycles. The second-order valence-electron chi connectivity index (χ2n) is 1.90. The van der Waals surface area contributed by atoms with E-state index in [9.17, 15) is 4.79 Å². The van der Waals surface area contributed by atoms with Crippen molar-refractivity contribution in [2.24, 2.45) is 5.90 Å². The number of ether oxygens (including phenoxy) is 2. The number of carbonyl (C=O) groups excluding carboxylic acids is 1. The summed E-state index contributed by atoms with van der Waals surface area (Å²) in [6.07, 6.45) is 0.656. The van der Waals surface area contributed by atoms with Gasteiger partial charge in [-0.3, -0.25) is 0 Å². The minimum Gasteiger partial charge on any atom is -0.455 e. The Balaban J connectivity index is 3.16. The van der Waals surface area contributed by atoms with E-state index < -0.39 is 5.97 Å². The third-order valence-electron chi connectivity index (χ3n) is 0.981. The summed E-state index contributed by atoms with van der Waals surface area (Å²) in [6.45, 7) is 0.956. The van der Waals surface area contributed by atoms with Crippen LogP contribution in [-0.4, -0.2) is 43.4 Å². The van der Waals surface area contributed by atoms with Gasteiger partial charge in [-0.05, 0) is 0 Å². The van der Waals surface area contributed by atoms with Crippen molar-refractivity contribution in [3.05, 3.63) is 5.53 Å². The van der Waals surface area contributed by atoms with Crippen molar-refractivity contribution in [1.82, 2.24) is 0 Å². The van der Waals surface area contributed by atoms with Gasteiger partial charge in [-0.2, -0.15) is 4.79 Å². The Morgan fingerprint density at radius 3 is 2.69 bits per heavy atom. The van der Waals surface area contributed by atoms with Crippen LogP contribution in [-0.2, 0) is 19.1 Å². The molecule has 0 atom stereocenters. The van der Waals surface area contributed by atoms with E-state index >= 15 is 0 Å². The molecule has 0 aromatic rings. The molecule has 0 saturated heterocycles. The maximum Gasteiger partial charge on any atom is 0.413 e. The van der Waals surface area contributed by atoms with E-state index in [0.29, 0.717) is 12.8 Å². The van der Waals surface area contributed by atoms with Crippen LogP contribution in [0, 0.1) is 0 Å². The van der Waals surface area contributed by atoms with E-state index in [4.69, 9.17) is 16.2 Å². The average Bonchev–Trinajstić information content (AvgIpc) is 2.11. The zero-order chi connectivity index (χ0) is 9.94. The first-order chi connectivity index (χ1) is 6.31. The van der Waals surface area contributed by atoms with Gasteiger partial charge in [0.1, 0.15) is 6.61 Å². The Hall–Kier alpha value is -1.27. The highest BCUT2D eigenvalue weighted by Crippen LogP contribution is 1.78. The molecule has 74 valence electrons. The Morgan fingerprint density at radius 2 is 2.08 bits per heavy atom. The quantitative estimate of drug-likeness (QED) is 0.134. The van der Waals surface area contributed by atoms with Crippen LogP contribution in [0.15, 0.2) is 0 Å². The fourth-order valence-corrected chi connectivity index (χ4v) is 0.495. The lowest BCUT2D eigenvalue weighted by molar-refractivity contribution is -0.140. The largest absolute Gasteiger partial charge is 0.455 e. The molecule has 7 nitrogen and oxygen atoms in total. The van der Waals surface area contributed by atoms with E-state index in [1.54, 1.807) is 0 Å². The SMILES string of the molecule is [N-]=[N+]=CC(=O)OCCOCCON. The minimum absolute atomic E-state index is 0.0927. The van der Waals surface area contributed by atoms with E-state index in [1.165, 1.54) is 0 Å². The maximum atomic E-state index is 10.5. The summed E-state index contributed by atoms with van der Waals surface area (Å²) in [5.74, 6) is 4.00. The molecule has 0 saturated carbocycles. The molecule has 0 fully saturated rings. The van der Waals surface area contributed by atoms with E-state index in [2.05, 4.69) is 14.4 Å². The lowest BCUT2D eigenvalue weighted by Gasteiger charge is -2.01. The smallest absolute Gasteiger partial charge is 0.413 e. The van der Waals surface area contributed by atoms with Gasteiger partial charge in [0.15, 0.2) is 0 Å². The first kappa shape index (κ1) is 11.7. The molecule has 0 aromatic heterocycles. The van der Waals surface area contributed by atoms with E-state index in [-0.39, 0.29) is 19.8 Å². The van der Waals surface area contributed by atoms with Crippen molar-refractivity contribution in [2.45, 2.75) is 0 Å². The van der Waals surface area contributed by atoms with E-state index in [0.717, 1.165) is 0 Å². The van der Waals surface area contributed by atoms with Gasteiger partial charge in [0, 0.05) is 0 Å². The highest BCUT2D eigenvalue weighted by molar-refractivity contribution is 6.20. The van der Waals surface area contributed by atoms with Crippen LogP contribution >= 0.6 is 0 Å². The molecule has 2 N–H and O–H groups in total. The number of hydrogen-bond donors (Lipinski definition) is 1. The lowest BCUT2D eigenvalue weighted by atomic mass is 10.7. The number of hydrogen-bond acceptors (Lipinski definition) is 5. The molecule has 0 bridgehead atoms. The van der Waals surface area contributed by atoms with Crippen LogP contribution < -0.4 is 5.90 Å². The molecule has 0 rings (SSSR count). The van der Waals surface area contributed by atoms with Gasteiger partial charge in [0.05, 0.1) is 19.8 Å². The first-order valence-electron chi connectivity index (χ1n) is 3.55. The lowest BCUT2D eigenvalue weighted by Crippen LogP contribution is -2.14. The van der Waals surface area contributed by atoms with Crippen LogP contribution in [0.2, 0.25) is 0 Å². The Bertz CT molecular complexity index is 190. The van der Waals surface area contributed by atoms with Gasteiger partial charge >= 0.3 is 12.2 Å². The van der Waals surface area contributed by atoms with Gasteiger partial charge in [-0.25, -0.2) is 10.7 Å². The maximum absolute atomic E-state index is 10.5. The second kappa shape index (κ2) is 8.82. The highest BCUT2D eigenvalue weighted by atomic mass is 16.6. The molecule has 13 heavy (non-hydrogen) atoms. The number of carbonyl (C=O) groups is 1. The topological polar surface area (TPSA) is 107 Å². The standard InChI is InChI=1S/C6H11N3O4/c7-9-5-6(10)12-3-1-11-2-4-13-8/h5H,1-4,8H2. The Morgan fingerprint density at radius 1 is 1.38 bits per heavy atom. The number of nitrogens with zero attached hydrogens (tertiary/aromatic N) is 2. The molecule has 0 spiro atoms. The van der Waals surface area contributed by atoms with Crippen LogP contribution in [0.1, 0.15) is 0 Å². The Labute approximate surface area is 74.9 Å². The summed E-state index contributed by atoms with van der Waals surface area (Å²) in [5, 5.41) is 0. The van der Waals surface area contributed by atoms with Crippen LogP contribution in [0.5, 0.6) is 0 Å². The summed E-state index contributed by atoms with van der Waals surface area (Å²) in [4.78, 5) is 17.2. The van der Waals surface area contributed by atoms with Gasteiger partial charge in [0.2, 0.25) is 0 Å². The summed E-state index contributed by atoms with van der Waals surface area (Å²) in [6, 6.07) is 0. The monoisotopic (exact) mass is 189 g/mol. The van der Waals surface area contributed by atoms with Crippen molar-refractivity contribution in [3.8, 4) is 0 Å². The van der Waals surface area contributed by atoms with Gasteiger partial charge < -0.3 is 19.8 Å². The zero-order valence-corrected chi connectivity index (χ0v) is 7.01. The average molecular weight is 189 g/mol. The second-order valence-corrected chi connectivity index (χ2v) is 1.90. The molecule has 0 radical (unpaired) electrons. The summed E-state index contributed by atoms with van der Waals surface area (Å²) >= 11 is 0. The molecule has 0 heterocycles. The van der Waals surface area contributed by atoms with Crippen LogP contribution in [0.25, 0.3) is 5.53 Å². The molecule has 0 aliphatic rings. The third-order valence-corrected chi connectivity index (χ3v) is 0.981. The summed E-state index contributed by atoms with van der Waals surface area (Å²) in [7, 11) is 0. The third kappa shape index (κ3) is 8.64. The number of rotatable bonds is 7. The van der Waals surface area contributed by atoms with Crippen LogP contribution in [0.3, 0.4) is 0 Å². The van der Waals surface area contributed by atoms with Gasteiger partial charge in [0.25, 0.3) is 0 Å². The summed E-state index contributed by atoms with van der Waals surface area (Å²) < 4.78 is 9.43. The molecule has 7 heteroatoms. The molecule has 0 amide bonds. The van der Waals surface area contributed by atoms with Gasteiger partial charge in [-0.15, -0.1) is 0 Å². The minimum atomic E-state index is -0.721. The fraction of sp³-hybridized carbons (Fsp3) is 0.667. The van der Waals surface area contributed by atoms with Crippen molar-refractivity contribution >= 4 is 12.2 Å². The predicted octanol–water partition coefficient (Wildman–Crippen LogP) is -1.26. The zero-order valence-electron chi connectivity index (χ0n) is 7.01. The fourth-order valence-electron chi connectivity index (χ4n) is 0.495. The first-order valence-corrected chi connectivity index (χ1v) is 3.55. The summed E-state index contributed by atoms with van der Waals surface area (Å²) in [5.41, 5.74) is 7.92. The van der Waals surface area contributed by atoms with Crippen molar-refractivity contribution < 1.29 is 23.9 Å².